The van der Waals surface area contributed by atoms with Gasteiger partial charge in [0.25, 0.3) is 5.91 Å². The number of amides is 1. The molecule has 0 aliphatic carbocycles. The maximum Gasteiger partial charge on any atom is 0.389 e. The smallest absolute Gasteiger partial charge is 0.370 e. The fourth-order valence-electron chi connectivity index (χ4n) is 1.28. The number of guanidine groups is 1. The van der Waals surface area contributed by atoms with Crippen LogP contribution in [0.15, 0.2) is 29.3 Å². The number of carbonyl (C=O) groups excluding carboxylic acids is 1. The zero-order valence-corrected chi connectivity index (χ0v) is 10.6. The van der Waals surface area contributed by atoms with Gasteiger partial charge in [-0.05, 0) is 24.1 Å². The van der Waals surface area contributed by atoms with Crippen molar-refractivity contribution in [1.29, 1.82) is 0 Å². The number of benzene rings is 1. The molecule has 0 saturated carbocycles. The second-order valence-electron chi connectivity index (χ2n) is 3.65. The molecule has 0 bridgehead atoms. The molecule has 19 heavy (non-hydrogen) atoms. The molecule has 1 aromatic carbocycles. The Labute approximate surface area is 114 Å². The number of aryl methyl sites for hydroxylation is 1. The number of hydrogen-bond acceptors (Lipinski definition) is 1. The predicted molar refractivity (Wildman–Crippen MR) is 68.2 cm³/mol. The molecular formula is C11H13ClF3N3O. The molecule has 0 fully saturated rings. The molecule has 1 amide bonds. The maximum atomic E-state index is 12.0. The van der Waals surface area contributed by atoms with Gasteiger partial charge in [0.15, 0.2) is 5.96 Å². The van der Waals surface area contributed by atoms with Gasteiger partial charge in [0.1, 0.15) is 0 Å². The maximum absolute atomic E-state index is 12.0. The molecule has 0 atom stereocenters. The van der Waals surface area contributed by atoms with E-state index in [1.165, 1.54) is 24.3 Å². The van der Waals surface area contributed by atoms with Gasteiger partial charge in [0.05, 0.1) is 0 Å². The molecule has 1 rings (SSSR count). The van der Waals surface area contributed by atoms with Crippen molar-refractivity contribution < 1.29 is 18.0 Å². The van der Waals surface area contributed by atoms with Crippen LogP contribution >= 0.6 is 12.4 Å². The van der Waals surface area contributed by atoms with Gasteiger partial charge in [-0.3, -0.25) is 4.79 Å². The Hall–Kier alpha value is -1.76. The number of alkyl halides is 3. The summed E-state index contributed by atoms with van der Waals surface area (Å²) in [5.74, 6) is -0.987. The van der Waals surface area contributed by atoms with Crippen LogP contribution in [0.4, 0.5) is 13.2 Å². The molecule has 4 N–H and O–H groups in total. The van der Waals surface area contributed by atoms with Gasteiger partial charge in [-0.1, -0.05) is 12.1 Å². The minimum absolute atomic E-state index is 0. The lowest BCUT2D eigenvalue weighted by atomic mass is 10.1. The van der Waals surface area contributed by atoms with E-state index in [1.54, 1.807) is 0 Å². The van der Waals surface area contributed by atoms with Gasteiger partial charge in [-0.2, -0.15) is 18.2 Å². The molecule has 0 aliphatic heterocycles. The monoisotopic (exact) mass is 295 g/mol. The molecule has 0 aromatic heterocycles. The molecule has 1 aromatic rings. The van der Waals surface area contributed by atoms with Crippen molar-refractivity contribution in [2.75, 3.05) is 0 Å². The largest absolute Gasteiger partial charge is 0.389 e. The molecule has 0 unspecified atom stereocenters. The van der Waals surface area contributed by atoms with E-state index in [9.17, 15) is 18.0 Å². The van der Waals surface area contributed by atoms with Crippen LogP contribution in [0.3, 0.4) is 0 Å². The van der Waals surface area contributed by atoms with E-state index in [2.05, 4.69) is 4.99 Å². The number of halogens is 4. The molecule has 0 radical (unpaired) electrons. The van der Waals surface area contributed by atoms with Gasteiger partial charge in [-0.15, -0.1) is 12.4 Å². The van der Waals surface area contributed by atoms with Crippen LogP contribution in [0, 0.1) is 0 Å². The number of hydrogen-bond donors (Lipinski definition) is 2. The Morgan fingerprint density at radius 2 is 1.68 bits per heavy atom. The van der Waals surface area contributed by atoms with Crippen molar-refractivity contribution in [3.63, 3.8) is 0 Å². The molecule has 8 heteroatoms. The Bertz CT molecular complexity index is 453. The van der Waals surface area contributed by atoms with E-state index >= 15 is 0 Å². The van der Waals surface area contributed by atoms with Crippen LogP contribution in [0.5, 0.6) is 0 Å². The zero-order chi connectivity index (χ0) is 13.8. The summed E-state index contributed by atoms with van der Waals surface area (Å²) in [7, 11) is 0. The second kappa shape index (κ2) is 6.98. The van der Waals surface area contributed by atoms with Crippen molar-refractivity contribution >= 4 is 24.3 Å². The number of carbonyl (C=O) groups is 1. The van der Waals surface area contributed by atoms with Crippen molar-refractivity contribution in [2.45, 2.75) is 19.0 Å². The molecule has 106 valence electrons. The van der Waals surface area contributed by atoms with Crippen LogP contribution in [-0.4, -0.2) is 18.0 Å². The lowest BCUT2D eigenvalue weighted by molar-refractivity contribution is -0.134. The van der Waals surface area contributed by atoms with E-state index in [0.29, 0.717) is 5.56 Å². The van der Waals surface area contributed by atoms with Crippen molar-refractivity contribution in [2.24, 2.45) is 16.5 Å². The third-order valence-corrected chi connectivity index (χ3v) is 2.13. The van der Waals surface area contributed by atoms with Crippen LogP contribution in [0.25, 0.3) is 0 Å². The van der Waals surface area contributed by atoms with Crippen molar-refractivity contribution in [3.05, 3.63) is 35.4 Å². The van der Waals surface area contributed by atoms with E-state index in [-0.39, 0.29) is 30.4 Å². The average Bonchev–Trinajstić information content (AvgIpc) is 2.25. The van der Waals surface area contributed by atoms with Crippen LogP contribution in [0.1, 0.15) is 22.3 Å². The van der Waals surface area contributed by atoms with Crippen LogP contribution < -0.4 is 11.5 Å². The first-order valence-corrected chi connectivity index (χ1v) is 5.07. The van der Waals surface area contributed by atoms with Crippen LogP contribution in [0.2, 0.25) is 0 Å². The fraction of sp³-hybridized carbons (Fsp3) is 0.273. The second-order valence-corrected chi connectivity index (χ2v) is 3.65. The summed E-state index contributed by atoms with van der Waals surface area (Å²) in [6, 6.07) is 5.67. The molecular weight excluding hydrogens is 283 g/mol. The van der Waals surface area contributed by atoms with Gasteiger partial charge in [0.2, 0.25) is 0 Å². The van der Waals surface area contributed by atoms with Gasteiger partial charge < -0.3 is 11.5 Å². The zero-order valence-electron chi connectivity index (χ0n) is 9.78. The summed E-state index contributed by atoms with van der Waals surface area (Å²) < 4.78 is 36.0. The minimum Gasteiger partial charge on any atom is -0.370 e. The standard InChI is InChI=1S/C11H12F3N3O.ClH/c12-11(13,14)6-5-7-1-3-8(4-2-7)9(18)17-10(15)16;/h1-4H,5-6H2,(H4,15,16,17,18);1H. The number of rotatable bonds is 3. The first kappa shape index (κ1) is 17.2. The highest BCUT2D eigenvalue weighted by Crippen LogP contribution is 2.22. The third-order valence-electron chi connectivity index (χ3n) is 2.13. The molecule has 0 heterocycles. The first-order valence-electron chi connectivity index (χ1n) is 5.07. The minimum atomic E-state index is -4.19. The lowest BCUT2D eigenvalue weighted by Crippen LogP contribution is -2.24. The van der Waals surface area contributed by atoms with E-state index < -0.39 is 18.5 Å². The quantitative estimate of drug-likeness (QED) is 0.661. The van der Waals surface area contributed by atoms with E-state index in [4.69, 9.17) is 11.5 Å². The van der Waals surface area contributed by atoms with Crippen LogP contribution in [-0.2, 0) is 6.42 Å². The summed E-state index contributed by atoms with van der Waals surface area (Å²) in [5, 5.41) is 0. The molecule has 0 saturated heterocycles. The average molecular weight is 296 g/mol. The summed E-state index contributed by atoms with van der Waals surface area (Å²) in [6.45, 7) is 0. The van der Waals surface area contributed by atoms with Gasteiger partial charge in [0, 0.05) is 12.0 Å². The highest BCUT2D eigenvalue weighted by molar-refractivity contribution is 6.01. The highest BCUT2D eigenvalue weighted by Gasteiger charge is 2.26. The summed E-state index contributed by atoms with van der Waals surface area (Å²) in [6.07, 6.45) is -5.21. The number of nitrogens with zero attached hydrogens (tertiary/aromatic N) is 1. The predicted octanol–water partition coefficient (Wildman–Crippen LogP) is 2.02. The van der Waals surface area contributed by atoms with Gasteiger partial charge in [-0.25, -0.2) is 0 Å². The first-order chi connectivity index (χ1) is 8.28. The van der Waals surface area contributed by atoms with E-state index in [1.807, 2.05) is 0 Å². The fourth-order valence-corrected chi connectivity index (χ4v) is 1.28. The molecule has 4 nitrogen and oxygen atoms in total. The van der Waals surface area contributed by atoms with Crippen molar-refractivity contribution in [3.8, 4) is 0 Å². The number of aliphatic imine (C=N–C) groups is 1. The Morgan fingerprint density at radius 1 is 1.16 bits per heavy atom. The molecule has 0 aliphatic rings. The summed E-state index contributed by atoms with van der Waals surface area (Å²) in [5.41, 5.74) is 10.8. The topological polar surface area (TPSA) is 81.5 Å². The van der Waals surface area contributed by atoms with E-state index in [0.717, 1.165) is 0 Å². The van der Waals surface area contributed by atoms with Gasteiger partial charge >= 0.3 is 6.18 Å². The summed E-state index contributed by atoms with van der Waals surface area (Å²) in [4.78, 5) is 14.7. The van der Waals surface area contributed by atoms with Crippen molar-refractivity contribution in [1.82, 2.24) is 0 Å². The Balaban J connectivity index is 0.00000324. The molecule has 0 spiro atoms. The number of nitrogens with two attached hydrogens (primary N) is 2. The SMILES string of the molecule is Cl.NC(N)=NC(=O)c1ccc(CCC(F)(F)F)cc1. The Kier molecular flexibility index (Phi) is 6.34. The normalized spacial score (nSPS) is 10.5. The lowest BCUT2D eigenvalue weighted by Gasteiger charge is -2.06. The Morgan fingerprint density at radius 3 is 2.11 bits per heavy atom. The highest BCUT2D eigenvalue weighted by atomic mass is 35.5. The summed E-state index contributed by atoms with van der Waals surface area (Å²) >= 11 is 0. The third kappa shape index (κ3) is 6.66.